The maximum absolute atomic E-state index is 12.7. The Morgan fingerprint density at radius 1 is 0.968 bits per heavy atom. The normalized spacial score (nSPS) is 10.6. The fourth-order valence-electron chi connectivity index (χ4n) is 3.21. The van der Waals surface area contributed by atoms with E-state index in [1.165, 1.54) is 0 Å². The van der Waals surface area contributed by atoms with Gasteiger partial charge in [-0.25, -0.2) is 4.68 Å². The monoisotopic (exact) mass is 431 g/mol. The maximum atomic E-state index is 12.7. The fraction of sp³-hybridized carbons (Fsp3) is 0.120. The lowest BCUT2D eigenvalue weighted by Gasteiger charge is -2.17. The molecule has 0 fully saturated rings. The summed E-state index contributed by atoms with van der Waals surface area (Å²) in [4.78, 5) is 14.3. The van der Waals surface area contributed by atoms with Gasteiger partial charge >= 0.3 is 0 Å². The van der Waals surface area contributed by atoms with E-state index in [0.29, 0.717) is 17.3 Å². The Kier molecular flexibility index (Phi) is 6.34. The molecule has 6 heteroatoms. The molecule has 0 spiro atoms. The highest BCUT2D eigenvalue weighted by atomic mass is 35.5. The predicted octanol–water partition coefficient (Wildman–Crippen LogP) is 5.23. The lowest BCUT2D eigenvalue weighted by molar-refractivity contribution is -0.132. The van der Waals surface area contributed by atoms with Crippen LogP contribution in [0.3, 0.4) is 0 Å². The molecule has 0 aliphatic heterocycles. The fourth-order valence-corrected chi connectivity index (χ4v) is 3.33. The van der Waals surface area contributed by atoms with Crippen molar-refractivity contribution >= 4 is 17.5 Å². The van der Waals surface area contributed by atoms with Crippen molar-refractivity contribution in [3.8, 4) is 22.7 Å². The van der Waals surface area contributed by atoms with Crippen molar-refractivity contribution in [2.45, 2.75) is 6.54 Å². The third-order valence-electron chi connectivity index (χ3n) is 4.87. The van der Waals surface area contributed by atoms with Gasteiger partial charge in [-0.05, 0) is 36.4 Å². The Hall–Kier alpha value is -3.57. The van der Waals surface area contributed by atoms with E-state index in [-0.39, 0.29) is 12.5 Å². The van der Waals surface area contributed by atoms with Crippen LogP contribution in [-0.4, -0.2) is 34.2 Å². The van der Waals surface area contributed by atoms with Crippen LogP contribution in [0.4, 0.5) is 0 Å². The molecule has 5 nitrogen and oxygen atoms in total. The second-order valence-corrected chi connectivity index (χ2v) is 7.58. The number of amides is 1. The number of para-hydroxylation sites is 1. The summed E-state index contributed by atoms with van der Waals surface area (Å²) in [6.45, 7) is 0.367. The number of halogens is 1. The Morgan fingerprint density at radius 3 is 2.29 bits per heavy atom. The molecule has 1 aromatic heterocycles. The van der Waals surface area contributed by atoms with E-state index in [1.807, 2.05) is 71.5 Å². The summed E-state index contributed by atoms with van der Waals surface area (Å²) in [5.74, 6) is 0.481. The molecule has 0 saturated carbocycles. The molecule has 0 radical (unpaired) electrons. The average Bonchev–Trinajstić information content (AvgIpc) is 3.23. The van der Waals surface area contributed by atoms with Crippen molar-refractivity contribution in [2.24, 2.45) is 0 Å². The van der Waals surface area contributed by atoms with E-state index in [1.54, 1.807) is 36.2 Å². The lowest BCUT2D eigenvalue weighted by Crippen LogP contribution is -2.31. The quantitative estimate of drug-likeness (QED) is 0.402. The van der Waals surface area contributed by atoms with Gasteiger partial charge in [-0.2, -0.15) is 5.10 Å². The van der Waals surface area contributed by atoms with E-state index in [2.05, 4.69) is 0 Å². The van der Waals surface area contributed by atoms with Crippen LogP contribution in [0.25, 0.3) is 16.9 Å². The first-order chi connectivity index (χ1) is 15.1. The number of benzene rings is 3. The number of aromatic nitrogens is 2. The summed E-state index contributed by atoms with van der Waals surface area (Å²) in [6.07, 6.45) is 1.97. The zero-order chi connectivity index (χ0) is 21.6. The summed E-state index contributed by atoms with van der Waals surface area (Å²) in [7, 11) is 1.77. The van der Waals surface area contributed by atoms with Gasteiger partial charge in [-0.1, -0.05) is 60.1 Å². The van der Waals surface area contributed by atoms with Crippen molar-refractivity contribution in [2.75, 3.05) is 13.7 Å². The smallest absolute Gasteiger partial charge is 0.260 e. The van der Waals surface area contributed by atoms with Crippen LogP contribution >= 0.6 is 11.6 Å². The van der Waals surface area contributed by atoms with Crippen LogP contribution in [0.1, 0.15) is 5.56 Å². The van der Waals surface area contributed by atoms with E-state index >= 15 is 0 Å². The SMILES string of the molecule is CN(Cc1cn(-c2ccccc2)nc1-c1ccccc1)C(=O)COc1ccc(Cl)cc1. The Morgan fingerprint density at radius 2 is 1.61 bits per heavy atom. The number of likely N-dealkylation sites (N-methyl/N-ethyl adjacent to an activating group) is 1. The van der Waals surface area contributed by atoms with Crippen LogP contribution < -0.4 is 4.74 Å². The third-order valence-corrected chi connectivity index (χ3v) is 5.12. The standard InChI is InChI=1S/C25H22ClN3O2/c1-28(24(30)18-31-23-14-12-21(26)13-15-23)16-20-17-29(22-10-6-3-7-11-22)27-25(20)19-8-4-2-5-9-19/h2-15,17H,16,18H2,1H3. The number of carbonyl (C=O) groups excluding carboxylic acids is 1. The number of ether oxygens (including phenoxy) is 1. The van der Waals surface area contributed by atoms with Gasteiger partial charge in [0.2, 0.25) is 0 Å². The Bertz CT molecular complexity index is 1140. The molecule has 0 saturated heterocycles. The predicted molar refractivity (Wildman–Crippen MR) is 122 cm³/mol. The molecule has 4 aromatic rings. The van der Waals surface area contributed by atoms with Crippen LogP contribution in [0, 0.1) is 0 Å². The molecule has 3 aromatic carbocycles. The zero-order valence-electron chi connectivity index (χ0n) is 17.1. The molecule has 0 aliphatic carbocycles. The van der Waals surface area contributed by atoms with E-state index in [0.717, 1.165) is 22.5 Å². The van der Waals surface area contributed by atoms with Gasteiger partial charge in [0, 0.05) is 35.9 Å². The van der Waals surface area contributed by atoms with Crippen LogP contribution in [0.5, 0.6) is 5.75 Å². The summed E-state index contributed by atoms with van der Waals surface area (Å²) >= 11 is 5.89. The minimum absolute atomic E-state index is 0.0500. The Balaban J connectivity index is 1.52. The van der Waals surface area contributed by atoms with Crippen LogP contribution in [0.2, 0.25) is 5.02 Å². The number of nitrogens with zero attached hydrogens (tertiary/aromatic N) is 3. The first kappa shape index (κ1) is 20.7. The minimum atomic E-state index is -0.124. The van der Waals surface area contributed by atoms with Gasteiger partial charge in [-0.15, -0.1) is 0 Å². The average molecular weight is 432 g/mol. The second-order valence-electron chi connectivity index (χ2n) is 7.14. The number of rotatable bonds is 7. The van der Waals surface area contributed by atoms with Gasteiger partial charge in [0.1, 0.15) is 5.75 Å². The third kappa shape index (κ3) is 5.13. The topological polar surface area (TPSA) is 47.4 Å². The van der Waals surface area contributed by atoms with E-state index in [9.17, 15) is 4.79 Å². The van der Waals surface area contributed by atoms with Gasteiger partial charge in [0.25, 0.3) is 5.91 Å². The molecule has 0 unspecified atom stereocenters. The molecule has 31 heavy (non-hydrogen) atoms. The van der Waals surface area contributed by atoms with Gasteiger partial charge in [0.15, 0.2) is 6.61 Å². The van der Waals surface area contributed by atoms with Gasteiger partial charge in [-0.3, -0.25) is 4.79 Å². The molecule has 0 atom stereocenters. The summed E-state index contributed by atoms with van der Waals surface area (Å²) in [6, 6.07) is 26.8. The molecule has 0 bridgehead atoms. The molecule has 1 heterocycles. The van der Waals surface area contributed by atoms with E-state index < -0.39 is 0 Å². The summed E-state index contributed by atoms with van der Waals surface area (Å²) < 4.78 is 7.45. The number of hydrogen-bond donors (Lipinski definition) is 0. The molecule has 0 aliphatic rings. The highest BCUT2D eigenvalue weighted by molar-refractivity contribution is 6.30. The van der Waals surface area contributed by atoms with Crippen molar-refractivity contribution in [1.82, 2.24) is 14.7 Å². The second kappa shape index (κ2) is 9.49. The highest BCUT2D eigenvalue weighted by Gasteiger charge is 2.17. The van der Waals surface area contributed by atoms with Crippen LogP contribution in [-0.2, 0) is 11.3 Å². The van der Waals surface area contributed by atoms with Crippen LogP contribution in [0.15, 0.2) is 91.1 Å². The summed E-state index contributed by atoms with van der Waals surface area (Å²) in [5.41, 5.74) is 3.77. The maximum Gasteiger partial charge on any atom is 0.260 e. The molecular weight excluding hydrogens is 410 g/mol. The van der Waals surface area contributed by atoms with Crippen molar-refractivity contribution in [3.05, 3.63) is 102 Å². The molecule has 156 valence electrons. The van der Waals surface area contributed by atoms with Crippen molar-refractivity contribution in [3.63, 3.8) is 0 Å². The Labute approximate surface area is 186 Å². The van der Waals surface area contributed by atoms with Gasteiger partial charge < -0.3 is 9.64 Å². The van der Waals surface area contributed by atoms with Crippen molar-refractivity contribution < 1.29 is 9.53 Å². The first-order valence-electron chi connectivity index (χ1n) is 9.92. The van der Waals surface area contributed by atoms with E-state index in [4.69, 9.17) is 21.4 Å². The van der Waals surface area contributed by atoms with Gasteiger partial charge in [0.05, 0.1) is 11.4 Å². The first-order valence-corrected chi connectivity index (χ1v) is 10.3. The number of carbonyl (C=O) groups is 1. The summed E-state index contributed by atoms with van der Waals surface area (Å²) in [5, 5.41) is 5.42. The molecule has 4 rings (SSSR count). The minimum Gasteiger partial charge on any atom is -0.484 e. The largest absolute Gasteiger partial charge is 0.484 e. The molecular formula is C25H22ClN3O2. The molecule has 1 amide bonds. The lowest BCUT2D eigenvalue weighted by atomic mass is 10.1. The number of hydrogen-bond acceptors (Lipinski definition) is 3. The van der Waals surface area contributed by atoms with Crippen molar-refractivity contribution in [1.29, 1.82) is 0 Å². The zero-order valence-corrected chi connectivity index (χ0v) is 17.9. The highest BCUT2D eigenvalue weighted by Crippen LogP contribution is 2.25. The molecule has 0 N–H and O–H groups in total.